The first-order chi connectivity index (χ1) is 16.6. The maximum absolute atomic E-state index is 11.9. The molecular formula is C28H29N3O3. The van der Waals surface area contributed by atoms with Gasteiger partial charge in [0.2, 0.25) is 5.91 Å². The molecule has 1 amide bonds. The van der Waals surface area contributed by atoms with Crippen LogP contribution in [0.3, 0.4) is 0 Å². The summed E-state index contributed by atoms with van der Waals surface area (Å²) in [6.07, 6.45) is 5.22. The molecule has 0 fully saturated rings. The number of carbonyl (C=O) groups excluding carboxylic acids is 1. The third kappa shape index (κ3) is 6.25. The summed E-state index contributed by atoms with van der Waals surface area (Å²) in [5.74, 6) is 0.228. The van der Waals surface area contributed by atoms with Gasteiger partial charge in [0.15, 0.2) is 5.58 Å². The predicted octanol–water partition coefficient (Wildman–Crippen LogP) is 5.09. The van der Waals surface area contributed by atoms with Crippen molar-refractivity contribution in [2.45, 2.75) is 12.8 Å². The molecule has 6 nitrogen and oxygen atoms in total. The summed E-state index contributed by atoms with van der Waals surface area (Å²) in [5, 5.41) is 0. The minimum atomic E-state index is -0.291. The van der Waals surface area contributed by atoms with Crippen molar-refractivity contribution in [3.05, 3.63) is 96.1 Å². The number of rotatable bonds is 11. The second kappa shape index (κ2) is 11.2. The molecule has 1 heterocycles. The van der Waals surface area contributed by atoms with Crippen LogP contribution in [0.1, 0.15) is 17.5 Å². The number of primary amides is 1. The summed E-state index contributed by atoms with van der Waals surface area (Å²) in [7, 11) is 1.92. The average Bonchev–Trinajstić information content (AvgIpc) is 3.29. The van der Waals surface area contributed by atoms with E-state index in [9.17, 15) is 4.79 Å². The van der Waals surface area contributed by atoms with Crippen molar-refractivity contribution < 1.29 is 13.9 Å². The molecule has 4 rings (SSSR count). The number of anilines is 1. The molecule has 1 unspecified atom stereocenters. The van der Waals surface area contributed by atoms with Gasteiger partial charge in [-0.15, -0.1) is 0 Å². The van der Waals surface area contributed by atoms with Crippen molar-refractivity contribution in [2.75, 3.05) is 25.1 Å². The van der Waals surface area contributed by atoms with Crippen LogP contribution in [0.15, 0.2) is 89.4 Å². The minimum Gasteiger partial charge on any atom is -0.492 e. The molecule has 0 saturated heterocycles. The Bertz CT molecular complexity index is 1200. The Hall–Kier alpha value is -4.06. The fourth-order valence-electron chi connectivity index (χ4n) is 3.66. The van der Waals surface area contributed by atoms with Crippen molar-refractivity contribution >= 4 is 29.1 Å². The van der Waals surface area contributed by atoms with E-state index in [1.807, 2.05) is 103 Å². The molecule has 0 radical (unpaired) electrons. The van der Waals surface area contributed by atoms with Crippen LogP contribution in [0.25, 0.3) is 17.2 Å². The number of para-hydroxylation sites is 2. The van der Waals surface area contributed by atoms with Gasteiger partial charge in [-0.25, -0.2) is 0 Å². The normalized spacial score (nSPS) is 12.1. The highest BCUT2D eigenvalue weighted by Crippen LogP contribution is 2.21. The second-order valence-electron chi connectivity index (χ2n) is 8.23. The molecule has 3 aromatic carbocycles. The Morgan fingerprint density at radius 1 is 1.06 bits per heavy atom. The largest absolute Gasteiger partial charge is 0.492 e. The fourth-order valence-corrected chi connectivity index (χ4v) is 3.66. The molecule has 0 spiro atoms. The van der Waals surface area contributed by atoms with Gasteiger partial charge >= 0.3 is 0 Å². The van der Waals surface area contributed by atoms with Crippen molar-refractivity contribution in [3.8, 4) is 5.75 Å². The molecule has 1 atom stereocenters. The lowest BCUT2D eigenvalue weighted by Gasteiger charge is -2.15. The number of aromatic nitrogens is 1. The predicted molar refractivity (Wildman–Crippen MR) is 136 cm³/mol. The molecule has 174 valence electrons. The van der Waals surface area contributed by atoms with Gasteiger partial charge in [-0.3, -0.25) is 4.79 Å². The van der Waals surface area contributed by atoms with Crippen LogP contribution in [-0.4, -0.2) is 31.1 Å². The number of nitrogens with zero attached hydrogens (tertiary/aromatic N) is 2. The van der Waals surface area contributed by atoms with E-state index in [0.717, 1.165) is 28.0 Å². The van der Waals surface area contributed by atoms with E-state index in [0.29, 0.717) is 32.0 Å². The molecule has 0 aliphatic carbocycles. The molecule has 2 N–H and O–H groups in total. The van der Waals surface area contributed by atoms with Crippen LogP contribution in [0.2, 0.25) is 0 Å². The first kappa shape index (κ1) is 23.1. The standard InChI is InChI=1S/C28H29N3O3/c1-31(28-30-25-12-5-6-13-26(25)34-28)18-19-33-24-16-14-22(15-17-24)20-23(27(29)32)11-7-10-21-8-3-2-4-9-21/h2-10,12-17,23H,11,18-20H2,1H3,(H2,29,32)/b10-7+. The summed E-state index contributed by atoms with van der Waals surface area (Å²) in [4.78, 5) is 18.4. The van der Waals surface area contributed by atoms with Crippen molar-refractivity contribution in [1.82, 2.24) is 4.98 Å². The summed E-state index contributed by atoms with van der Waals surface area (Å²) in [5.41, 5.74) is 9.41. The number of carbonyl (C=O) groups is 1. The topological polar surface area (TPSA) is 81.6 Å². The van der Waals surface area contributed by atoms with Gasteiger partial charge < -0.3 is 19.8 Å². The van der Waals surface area contributed by atoms with Gasteiger partial charge in [-0.1, -0.05) is 66.7 Å². The molecular weight excluding hydrogens is 426 g/mol. The molecule has 34 heavy (non-hydrogen) atoms. The van der Waals surface area contributed by atoms with Gasteiger partial charge in [-0.2, -0.15) is 4.98 Å². The third-order valence-corrected chi connectivity index (χ3v) is 5.64. The number of nitrogens with two attached hydrogens (primary N) is 1. The van der Waals surface area contributed by atoms with Gasteiger partial charge in [0, 0.05) is 13.0 Å². The Kier molecular flexibility index (Phi) is 7.60. The van der Waals surface area contributed by atoms with Gasteiger partial charge in [0.25, 0.3) is 6.01 Å². The van der Waals surface area contributed by atoms with Crippen LogP contribution < -0.4 is 15.4 Å². The van der Waals surface area contributed by atoms with Gasteiger partial charge in [0.1, 0.15) is 17.9 Å². The zero-order valence-corrected chi connectivity index (χ0v) is 19.3. The average molecular weight is 456 g/mol. The van der Waals surface area contributed by atoms with Gasteiger partial charge in [0.05, 0.1) is 6.54 Å². The Labute approximate surface area is 199 Å². The Balaban J connectivity index is 1.26. The number of ether oxygens (including phenoxy) is 1. The quantitative estimate of drug-likeness (QED) is 0.341. The van der Waals surface area contributed by atoms with Gasteiger partial charge in [-0.05, 0) is 48.2 Å². The highest BCUT2D eigenvalue weighted by Gasteiger charge is 2.15. The zero-order valence-electron chi connectivity index (χ0n) is 19.3. The fraction of sp³-hybridized carbons (Fsp3) is 0.214. The minimum absolute atomic E-state index is 0.253. The first-order valence-corrected chi connectivity index (χ1v) is 11.4. The van der Waals surface area contributed by atoms with E-state index in [4.69, 9.17) is 14.9 Å². The van der Waals surface area contributed by atoms with E-state index >= 15 is 0 Å². The summed E-state index contributed by atoms with van der Waals surface area (Å²) in [6, 6.07) is 26.1. The van der Waals surface area contributed by atoms with E-state index in [1.54, 1.807) is 0 Å². The van der Waals surface area contributed by atoms with Crippen LogP contribution in [0.5, 0.6) is 5.75 Å². The number of likely N-dealkylation sites (N-methyl/N-ethyl adjacent to an activating group) is 1. The van der Waals surface area contributed by atoms with Crippen molar-refractivity contribution in [2.24, 2.45) is 11.7 Å². The Morgan fingerprint density at radius 3 is 2.53 bits per heavy atom. The third-order valence-electron chi connectivity index (χ3n) is 5.64. The molecule has 6 heteroatoms. The number of hydrogen-bond donors (Lipinski definition) is 1. The zero-order chi connectivity index (χ0) is 23.8. The van der Waals surface area contributed by atoms with Crippen molar-refractivity contribution in [3.63, 3.8) is 0 Å². The van der Waals surface area contributed by atoms with E-state index in [-0.39, 0.29) is 11.8 Å². The summed E-state index contributed by atoms with van der Waals surface area (Å²) >= 11 is 0. The summed E-state index contributed by atoms with van der Waals surface area (Å²) in [6.45, 7) is 1.12. The summed E-state index contributed by atoms with van der Waals surface area (Å²) < 4.78 is 11.7. The van der Waals surface area contributed by atoms with E-state index in [2.05, 4.69) is 4.98 Å². The highest BCUT2D eigenvalue weighted by molar-refractivity contribution is 5.77. The number of benzene rings is 3. The maximum atomic E-state index is 11.9. The lowest BCUT2D eigenvalue weighted by molar-refractivity contribution is -0.121. The smallest absolute Gasteiger partial charge is 0.298 e. The van der Waals surface area contributed by atoms with Crippen molar-refractivity contribution in [1.29, 1.82) is 0 Å². The lowest BCUT2D eigenvalue weighted by atomic mass is 9.95. The molecule has 4 aromatic rings. The number of fused-ring (bicyclic) bond motifs is 1. The number of allylic oxidation sites excluding steroid dienone is 1. The monoisotopic (exact) mass is 455 g/mol. The molecule has 0 bridgehead atoms. The molecule has 0 aliphatic rings. The SMILES string of the molecule is CN(CCOc1ccc(CC(C/C=C/c2ccccc2)C(N)=O)cc1)c1nc2ccccc2o1. The molecule has 0 aliphatic heterocycles. The van der Waals surface area contributed by atoms with Crippen LogP contribution in [0.4, 0.5) is 6.01 Å². The first-order valence-electron chi connectivity index (χ1n) is 11.4. The number of hydrogen-bond acceptors (Lipinski definition) is 5. The maximum Gasteiger partial charge on any atom is 0.298 e. The van der Waals surface area contributed by atoms with E-state index in [1.165, 1.54) is 0 Å². The van der Waals surface area contributed by atoms with Crippen LogP contribution in [-0.2, 0) is 11.2 Å². The van der Waals surface area contributed by atoms with Crippen LogP contribution in [0, 0.1) is 5.92 Å². The highest BCUT2D eigenvalue weighted by atomic mass is 16.5. The molecule has 0 saturated carbocycles. The van der Waals surface area contributed by atoms with Crippen LogP contribution >= 0.6 is 0 Å². The lowest BCUT2D eigenvalue weighted by Crippen LogP contribution is -2.24. The molecule has 1 aromatic heterocycles. The second-order valence-corrected chi connectivity index (χ2v) is 8.23. The van der Waals surface area contributed by atoms with E-state index < -0.39 is 0 Å². The number of oxazole rings is 1. The number of amides is 1. The Morgan fingerprint density at radius 2 is 1.79 bits per heavy atom.